The smallest absolute Gasteiger partial charge is 0.417 e. The lowest BCUT2D eigenvalue weighted by Gasteiger charge is -2.30. The number of nitrogens with zero attached hydrogens (tertiary/aromatic N) is 2. The van der Waals surface area contributed by atoms with E-state index in [1.54, 1.807) is 18.2 Å². The number of benzene rings is 2. The zero-order valence-electron chi connectivity index (χ0n) is 19.5. The van der Waals surface area contributed by atoms with E-state index in [0.29, 0.717) is 28.9 Å². The first-order valence-electron chi connectivity index (χ1n) is 11.5. The van der Waals surface area contributed by atoms with Crippen LogP contribution in [0.5, 0.6) is 5.75 Å². The van der Waals surface area contributed by atoms with Gasteiger partial charge in [-0.15, -0.1) is 0 Å². The Bertz CT molecular complexity index is 1170. The van der Waals surface area contributed by atoms with Crippen molar-refractivity contribution >= 4 is 27.9 Å². The molecule has 0 amide bonds. The zero-order valence-corrected chi connectivity index (χ0v) is 19.5. The summed E-state index contributed by atoms with van der Waals surface area (Å²) in [5, 5.41) is 7.60. The molecule has 0 spiro atoms. The van der Waals surface area contributed by atoms with Crippen LogP contribution in [0.15, 0.2) is 55.1 Å². The first-order chi connectivity index (χ1) is 16.7. The SMILES string of the molecule is C=C(c1nc(NCCOc2ccc(F)cc2)cc2c(NC3CCN(C)CC3)cccc12)C(F)(F)F. The second-order valence-electron chi connectivity index (χ2n) is 8.68. The van der Waals surface area contributed by atoms with E-state index < -0.39 is 11.7 Å². The molecule has 0 atom stereocenters. The van der Waals surface area contributed by atoms with Crippen LogP contribution in [0.3, 0.4) is 0 Å². The molecule has 186 valence electrons. The summed E-state index contributed by atoms with van der Waals surface area (Å²) in [6, 6.07) is 12.8. The van der Waals surface area contributed by atoms with Gasteiger partial charge in [0.2, 0.25) is 0 Å². The summed E-state index contributed by atoms with van der Waals surface area (Å²) in [5.41, 5.74) is -0.435. The van der Waals surface area contributed by atoms with Gasteiger partial charge < -0.3 is 20.3 Å². The topological polar surface area (TPSA) is 49.4 Å². The Hall–Kier alpha value is -3.33. The standard InChI is InChI=1S/C26H28F4N4O/c1-17(26(28,29)30)25-21-4-3-5-23(32-19-10-13-34(2)14-11-19)22(21)16-24(33-25)31-12-15-35-20-8-6-18(27)7-9-20/h3-9,16,19,32H,1,10-15H2,2H3,(H,31,33). The summed E-state index contributed by atoms with van der Waals surface area (Å²) in [7, 11) is 2.08. The van der Waals surface area contributed by atoms with Gasteiger partial charge in [0, 0.05) is 22.5 Å². The molecule has 1 aromatic heterocycles. The number of halogens is 4. The summed E-state index contributed by atoms with van der Waals surface area (Å²) in [6.07, 6.45) is -2.71. The predicted octanol–water partition coefficient (Wildman–Crippen LogP) is 5.95. The number of fused-ring (bicyclic) bond motifs is 1. The third-order valence-electron chi connectivity index (χ3n) is 6.07. The van der Waals surface area contributed by atoms with Crippen LogP contribution >= 0.6 is 0 Å². The number of pyridine rings is 1. The molecule has 2 N–H and O–H groups in total. The number of allylic oxidation sites excluding steroid dienone is 1. The number of hydrogen-bond donors (Lipinski definition) is 2. The average molecular weight is 489 g/mol. The number of likely N-dealkylation sites (tertiary alicyclic amines) is 1. The maximum absolute atomic E-state index is 13.6. The molecule has 2 heterocycles. The van der Waals surface area contributed by atoms with Crippen LogP contribution in [0.25, 0.3) is 16.3 Å². The maximum Gasteiger partial charge on any atom is 0.417 e. The summed E-state index contributed by atoms with van der Waals surface area (Å²) >= 11 is 0. The molecule has 1 aliphatic heterocycles. The van der Waals surface area contributed by atoms with Gasteiger partial charge in [-0.3, -0.25) is 0 Å². The number of piperidine rings is 1. The normalized spacial score (nSPS) is 15.2. The van der Waals surface area contributed by atoms with Crippen LogP contribution < -0.4 is 15.4 Å². The predicted molar refractivity (Wildman–Crippen MR) is 131 cm³/mol. The molecular weight excluding hydrogens is 460 g/mol. The summed E-state index contributed by atoms with van der Waals surface area (Å²) in [6.45, 7) is 5.72. The van der Waals surface area contributed by atoms with Crippen molar-refractivity contribution in [1.82, 2.24) is 9.88 Å². The molecule has 0 radical (unpaired) electrons. The quantitative estimate of drug-likeness (QED) is 0.303. The zero-order chi connectivity index (χ0) is 25.0. The molecule has 9 heteroatoms. The Morgan fingerprint density at radius 1 is 1.11 bits per heavy atom. The number of rotatable bonds is 8. The number of aromatic nitrogens is 1. The van der Waals surface area contributed by atoms with E-state index in [-0.39, 0.29) is 24.2 Å². The van der Waals surface area contributed by atoms with Crippen LogP contribution in [0.2, 0.25) is 0 Å². The van der Waals surface area contributed by atoms with E-state index in [9.17, 15) is 17.6 Å². The highest BCUT2D eigenvalue weighted by Crippen LogP contribution is 2.38. The van der Waals surface area contributed by atoms with Gasteiger partial charge in [0.05, 0.1) is 17.8 Å². The van der Waals surface area contributed by atoms with Crippen molar-refractivity contribution in [2.45, 2.75) is 25.1 Å². The number of anilines is 2. The fraction of sp³-hybridized carbons (Fsp3) is 0.346. The third-order valence-corrected chi connectivity index (χ3v) is 6.07. The molecule has 4 rings (SSSR count). The minimum Gasteiger partial charge on any atom is -0.492 e. The van der Waals surface area contributed by atoms with Crippen molar-refractivity contribution in [2.75, 3.05) is 43.9 Å². The van der Waals surface area contributed by atoms with Gasteiger partial charge in [-0.25, -0.2) is 9.37 Å². The van der Waals surface area contributed by atoms with Crippen molar-refractivity contribution in [3.8, 4) is 5.75 Å². The van der Waals surface area contributed by atoms with Gasteiger partial charge in [0.1, 0.15) is 24.0 Å². The number of hydrogen-bond acceptors (Lipinski definition) is 5. The number of nitrogens with one attached hydrogen (secondary N) is 2. The van der Waals surface area contributed by atoms with Crippen LogP contribution in [0.4, 0.5) is 29.1 Å². The Balaban J connectivity index is 1.58. The third kappa shape index (κ3) is 6.22. The van der Waals surface area contributed by atoms with E-state index in [2.05, 4.69) is 34.1 Å². The van der Waals surface area contributed by atoms with E-state index in [4.69, 9.17) is 4.74 Å². The van der Waals surface area contributed by atoms with Crippen LogP contribution in [0, 0.1) is 5.82 Å². The average Bonchev–Trinajstić information content (AvgIpc) is 2.83. The van der Waals surface area contributed by atoms with Gasteiger partial charge in [0.15, 0.2) is 0 Å². The fourth-order valence-electron chi connectivity index (χ4n) is 4.11. The van der Waals surface area contributed by atoms with Crippen molar-refractivity contribution in [2.24, 2.45) is 0 Å². The monoisotopic (exact) mass is 488 g/mol. The molecule has 0 unspecified atom stereocenters. The first-order valence-corrected chi connectivity index (χ1v) is 11.5. The summed E-state index contributed by atoms with van der Waals surface area (Å²) < 4.78 is 59.4. The largest absolute Gasteiger partial charge is 0.492 e. The van der Waals surface area contributed by atoms with Crippen LogP contribution in [-0.2, 0) is 0 Å². The minimum absolute atomic E-state index is 0.205. The number of ether oxygens (including phenoxy) is 1. The minimum atomic E-state index is -4.61. The molecule has 35 heavy (non-hydrogen) atoms. The van der Waals surface area contributed by atoms with Crippen molar-refractivity contribution in [1.29, 1.82) is 0 Å². The van der Waals surface area contributed by atoms with Gasteiger partial charge in [0.25, 0.3) is 0 Å². The lowest BCUT2D eigenvalue weighted by atomic mass is 10.0. The molecule has 0 saturated carbocycles. The molecule has 1 saturated heterocycles. The molecule has 0 aliphatic carbocycles. The summed E-state index contributed by atoms with van der Waals surface area (Å²) in [4.78, 5) is 6.51. The van der Waals surface area contributed by atoms with Gasteiger partial charge in [-0.05, 0) is 69.4 Å². The Morgan fingerprint density at radius 2 is 1.83 bits per heavy atom. The Labute approximate surface area is 201 Å². The number of alkyl halides is 3. The lowest BCUT2D eigenvalue weighted by molar-refractivity contribution is -0.0688. The second-order valence-corrected chi connectivity index (χ2v) is 8.68. The van der Waals surface area contributed by atoms with E-state index >= 15 is 0 Å². The maximum atomic E-state index is 13.6. The molecule has 1 fully saturated rings. The highest BCUT2D eigenvalue weighted by atomic mass is 19.4. The van der Waals surface area contributed by atoms with E-state index in [0.717, 1.165) is 31.6 Å². The van der Waals surface area contributed by atoms with Crippen molar-refractivity contribution in [3.63, 3.8) is 0 Å². The van der Waals surface area contributed by atoms with Crippen molar-refractivity contribution < 1.29 is 22.3 Å². The lowest BCUT2D eigenvalue weighted by Crippen LogP contribution is -2.36. The van der Waals surface area contributed by atoms with Gasteiger partial charge in [-0.1, -0.05) is 18.7 Å². The van der Waals surface area contributed by atoms with Crippen molar-refractivity contribution in [3.05, 3.63) is 66.6 Å². The Kier molecular flexibility index (Phi) is 7.45. The molecule has 0 bridgehead atoms. The molecular formula is C26H28F4N4O. The van der Waals surface area contributed by atoms with Crippen LogP contribution in [0.1, 0.15) is 18.5 Å². The van der Waals surface area contributed by atoms with Gasteiger partial charge >= 0.3 is 6.18 Å². The molecule has 1 aliphatic rings. The highest BCUT2D eigenvalue weighted by Gasteiger charge is 2.35. The molecule has 5 nitrogen and oxygen atoms in total. The summed E-state index contributed by atoms with van der Waals surface area (Å²) in [5.74, 6) is 0.423. The molecule has 3 aromatic rings. The second kappa shape index (κ2) is 10.5. The van der Waals surface area contributed by atoms with Crippen LogP contribution in [-0.4, -0.2) is 55.4 Å². The Morgan fingerprint density at radius 3 is 2.51 bits per heavy atom. The van der Waals surface area contributed by atoms with E-state index in [1.807, 2.05) is 6.07 Å². The first kappa shape index (κ1) is 24.8. The van der Waals surface area contributed by atoms with Gasteiger partial charge in [-0.2, -0.15) is 13.2 Å². The fourth-order valence-corrected chi connectivity index (χ4v) is 4.11. The van der Waals surface area contributed by atoms with E-state index in [1.165, 1.54) is 24.3 Å². The molecule has 2 aromatic carbocycles. The highest BCUT2D eigenvalue weighted by molar-refractivity contribution is 6.01.